The molecule has 1 saturated heterocycles. The summed E-state index contributed by atoms with van der Waals surface area (Å²) in [5, 5.41) is 11.9. The second kappa shape index (κ2) is 14.9. The Balaban J connectivity index is 1.21. The number of hydrogen-bond acceptors (Lipinski definition) is 7. The van der Waals surface area contributed by atoms with Crippen LogP contribution >= 0.6 is 0 Å². The van der Waals surface area contributed by atoms with Crippen LogP contribution in [0.1, 0.15) is 137 Å². The van der Waals surface area contributed by atoms with Crippen LogP contribution in [0.3, 0.4) is 0 Å². The number of nitrogens with one attached hydrogen (secondary N) is 4. The maximum absolute atomic E-state index is 14.8. The van der Waals surface area contributed by atoms with Crippen LogP contribution in [-0.2, 0) is 29.0 Å². The molecule has 13 heteroatoms. The second-order valence-electron chi connectivity index (χ2n) is 18.8. The first-order valence-electron chi connectivity index (χ1n) is 20.2. The molecule has 6 fully saturated rings. The number of sulfone groups is 1. The highest BCUT2D eigenvalue weighted by Crippen LogP contribution is 2.65. The number of fused-ring (bicyclic) bond motifs is 1. The van der Waals surface area contributed by atoms with Crippen molar-refractivity contribution in [3.8, 4) is 0 Å². The molecule has 0 aromatic carbocycles. The van der Waals surface area contributed by atoms with Crippen molar-refractivity contribution in [2.75, 3.05) is 12.3 Å². The summed E-state index contributed by atoms with van der Waals surface area (Å²) in [5.41, 5.74) is -1.10. The van der Waals surface area contributed by atoms with E-state index < -0.39 is 61.9 Å². The lowest BCUT2D eigenvalue weighted by Crippen LogP contribution is -2.63. The quantitative estimate of drug-likeness (QED) is 0.205. The lowest BCUT2D eigenvalue weighted by Gasteiger charge is -2.41. The van der Waals surface area contributed by atoms with Crippen LogP contribution in [0.25, 0.3) is 0 Å². The van der Waals surface area contributed by atoms with Gasteiger partial charge in [-0.25, -0.2) is 13.2 Å². The molecule has 12 nitrogen and oxygen atoms in total. The molecule has 6 rings (SSSR count). The monoisotopic (exact) mass is 745 g/mol. The van der Waals surface area contributed by atoms with Crippen LogP contribution in [0.4, 0.5) is 4.79 Å². The van der Waals surface area contributed by atoms with Crippen LogP contribution < -0.4 is 21.3 Å². The van der Waals surface area contributed by atoms with Crippen molar-refractivity contribution in [2.24, 2.45) is 29.1 Å². The number of amides is 5. The summed E-state index contributed by atoms with van der Waals surface area (Å²) in [6, 6.07) is -3.19. The van der Waals surface area contributed by atoms with Gasteiger partial charge in [-0.2, -0.15) is 0 Å². The largest absolute Gasteiger partial charge is 0.347 e. The number of carbonyl (C=O) groups is 5. The molecule has 52 heavy (non-hydrogen) atoms. The van der Waals surface area contributed by atoms with Crippen molar-refractivity contribution >= 4 is 39.4 Å². The van der Waals surface area contributed by atoms with Crippen molar-refractivity contribution in [3.05, 3.63) is 0 Å². The fourth-order valence-electron chi connectivity index (χ4n) is 9.57. The van der Waals surface area contributed by atoms with E-state index in [1.165, 1.54) is 0 Å². The highest BCUT2D eigenvalue weighted by atomic mass is 32.2. The number of ketones is 1. The summed E-state index contributed by atoms with van der Waals surface area (Å²) in [4.78, 5) is 71.0. The third kappa shape index (κ3) is 8.33. The van der Waals surface area contributed by atoms with Gasteiger partial charge in [-0.1, -0.05) is 71.6 Å². The Bertz CT molecular complexity index is 1500. The van der Waals surface area contributed by atoms with E-state index >= 15 is 0 Å². The number of Topliss-reactive ketones (excluding diaryl/α,β-unsaturated/α-hetero) is 1. The Kier molecular flexibility index (Phi) is 11.1. The van der Waals surface area contributed by atoms with Gasteiger partial charge in [0.15, 0.2) is 9.84 Å². The average Bonchev–Trinajstić information content (AvgIpc) is 3.91. The predicted molar refractivity (Wildman–Crippen MR) is 198 cm³/mol. The van der Waals surface area contributed by atoms with E-state index in [9.17, 15) is 32.4 Å². The van der Waals surface area contributed by atoms with Crippen molar-refractivity contribution in [2.45, 2.75) is 172 Å². The van der Waals surface area contributed by atoms with E-state index in [1.54, 1.807) is 25.7 Å². The topological polar surface area (TPSA) is 171 Å². The Labute approximate surface area is 310 Å². The van der Waals surface area contributed by atoms with Crippen molar-refractivity contribution in [3.63, 3.8) is 0 Å². The predicted octanol–water partition coefficient (Wildman–Crippen LogP) is 4.16. The molecule has 0 aromatic rings. The highest BCUT2D eigenvalue weighted by Gasteiger charge is 2.70. The summed E-state index contributed by atoms with van der Waals surface area (Å²) < 4.78 is 25.9. The molecule has 5 amide bonds. The molecule has 5 atom stereocenters. The summed E-state index contributed by atoms with van der Waals surface area (Å²) >= 11 is 0. The number of rotatable bonds is 13. The maximum Gasteiger partial charge on any atom is 0.315 e. The number of piperidine rings is 1. The lowest BCUT2D eigenvalue weighted by atomic mass is 9.80. The number of likely N-dealkylation sites (tertiary alicyclic amines) is 1. The molecule has 0 radical (unpaired) electrons. The zero-order valence-corrected chi connectivity index (χ0v) is 32.9. The molecule has 1 heterocycles. The summed E-state index contributed by atoms with van der Waals surface area (Å²) in [5.74, 6) is -2.04. The minimum absolute atomic E-state index is 0.0183. The van der Waals surface area contributed by atoms with Gasteiger partial charge in [-0.15, -0.1) is 0 Å². The summed E-state index contributed by atoms with van der Waals surface area (Å²) in [6.45, 7) is 9.62. The Morgan fingerprint density at radius 3 is 2.04 bits per heavy atom. The molecule has 1 unspecified atom stereocenters. The van der Waals surface area contributed by atoms with Gasteiger partial charge in [-0.05, 0) is 94.8 Å². The van der Waals surface area contributed by atoms with Gasteiger partial charge in [0.2, 0.25) is 17.6 Å². The molecular weight excluding hydrogens is 683 g/mol. The van der Waals surface area contributed by atoms with Crippen LogP contribution in [0.15, 0.2) is 0 Å². The zero-order chi connectivity index (χ0) is 37.6. The Morgan fingerprint density at radius 2 is 1.46 bits per heavy atom. The summed E-state index contributed by atoms with van der Waals surface area (Å²) in [6.07, 6.45) is 13.2. The van der Waals surface area contributed by atoms with Gasteiger partial charge in [0.25, 0.3) is 5.91 Å². The minimum Gasteiger partial charge on any atom is -0.347 e. The van der Waals surface area contributed by atoms with E-state index in [0.29, 0.717) is 25.8 Å². The fraction of sp³-hybridized carbons (Fsp3) is 0.872. The molecule has 4 N–H and O–H groups in total. The molecule has 5 aliphatic carbocycles. The van der Waals surface area contributed by atoms with E-state index in [1.807, 2.05) is 0 Å². The lowest BCUT2D eigenvalue weighted by molar-refractivity contribution is -0.145. The van der Waals surface area contributed by atoms with Gasteiger partial charge in [-0.3, -0.25) is 19.2 Å². The fourth-order valence-corrected chi connectivity index (χ4v) is 11.1. The highest BCUT2D eigenvalue weighted by molar-refractivity contribution is 7.92. The van der Waals surface area contributed by atoms with E-state index in [0.717, 1.165) is 83.5 Å². The second-order valence-corrected chi connectivity index (χ2v) is 21.5. The summed E-state index contributed by atoms with van der Waals surface area (Å²) in [7, 11) is -3.55. The number of hydrogen-bond donors (Lipinski definition) is 4. The van der Waals surface area contributed by atoms with Gasteiger partial charge in [0.05, 0.1) is 22.1 Å². The molecule has 0 bridgehead atoms. The van der Waals surface area contributed by atoms with Crippen LogP contribution in [-0.4, -0.2) is 89.6 Å². The molecule has 0 aromatic heterocycles. The Hall–Kier alpha value is -2.70. The number of carbonyl (C=O) groups excluding carboxylic acids is 5. The van der Waals surface area contributed by atoms with Crippen molar-refractivity contribution in [1.29, 1.82) is 0 Å². The smallest absolute Gasteiger partial charge is 0.315 e. The number of urea groups is 1. The first kappa shape index (κ1) is 39.0. The van der Waals surface area contributed by atoms with Crippen molar-refractivity contribution < 1.29 is 32.4 Å². The van der Waals surface area contributed by atoms with Gasteiger partial charge >= 0.3 is 6.03 Å². The first-order chi connectivity index (χ1) is 24.4. The van der Waals surface area contributed by atoms with Gasteiger partial charge in [0, 0.05) is 12.6 Å². The van der Waals surface area contributed by atoms with Gasteiger partial charge < -0.3 is 26.2 Å². The SMILES string of the molecule is CC1(C)[C@@H]2[C@@H](C(=O)NC(CC3CCC3)C(=O)C(=O)NC3CC3)N(C(=O)[C@@H](NC(=O)NC3(CS(=O)(=O)C(C)(C)C)CCCCC3)C3CCCCC3)C[C@@H]21. The molecule has 292 valence electrons. The van der Waals surface area contributed by atoms with Crippen LogP contribution in [0.5, 0.6) is 0 Å². The average molecular weight is 746 g/mol. The van der Waals surface area contributed by atoms with E-state index in [4.69, 9.17) is 0 Å². The molecule has 5 saturated carbocycles. The minimum atomic E-state index is -3.55. The zero-order valence-electron chi connectivity index (χ0n) is 32.1. The molecular formula is C39H63N5O7S. The van der Waals surface area contributed by atoms with Crippen LogP contribution in [0.2, 0.25) is 0 Å². The van der Waals surface area contributed by atoms with E-state index in [2.05, 4.69) is 35.1 Å². The number of nitrogens with zero attached hydrogens (tertiary/aromatic N) is 1. The molecule has 0 spiro atoms. The van der Waals surface area contributed by atoms with Gasteiger partial charge in [0.1, 0.15) is 12.1 Å². The van der Waals surface area contributed by atoms with Crippen molar-refractivity contribution in [1.82, 2.24) is 26.2 Å². The third-order valence-corrected chi connectivity index (χ3v) is 16.4. The Morgan fingerprint density at radius 1 is 0.827 bits per heavy atom. The normalized spacial score (nSPS) is 28.4. The van der Waals surface area contributed by atoms with E-state index in [-0.39, 0.29) is 46.8 Å². The molecule has 6 aliphatic rings. The van der Waals surface area contributed by atoms with Crippen LogP contribution in [0, 0.1) is 29.1 Å². The third-order valence-electron chi connectivity index (χ3n) is 13.6. The maximum atomic E-state index is 14.8. The molecule has 1 aliphatic heterocycles. The first-order valence-corrected chi connectivity index (χ1v) is 21.8. The standard InChI is InChI=1S/C39H63N5O7S/c1-37(2,3)52(50,51)23-39(19-10-7-11-20-39)43-36(49)42-30(25-15-8-6-9-16-25)35(48)44-22-27-29(38(27,4)5)31(44)33(46)41-28(21-24-13-12-14-24)32(45)34(47)40-26-17-18-26/h24-31H,6-23H2,1-5H3,(H,40,47)(H,41,46)(H2,42,43,49)/t27-,28?,29-,30-,31-/m0/s1.